The zero-order chi connectivity index (χ0) is 13.5. The zero-order valence-corrected chi connectivity index (χ0v) is 11.3. The van der Waals surface area contributed by atoms with Gasteiger partial charge in [0, 0.05) is 12.1 Å². The van der Waals surface area contributed by atoms with Crippen molar-refractivity contribution in [3.63, 3.8) is 0 Å². The normalized spacial score (nSPS) is 10.7. The molecule has 0 fully saturated rings. The lowest BCUT2D eigenvalue weighted by Gasteiger charge is -2.19. The molecule has 0 aliphatic heterocycles. The molecule has 0 bridgehead atoms. The number of phenols is 1. The second kappa shape index (κ2) is 7.01. The summed E-state index contributed by atoms with van der Waals surface area (Å²) in [6.07, 6.45) is 0. The molecule has 100 valence electrons. The smallest absolute Gasteiger partial charge is 0.338 e. The Hall–Kier alpha value is -1.55. The van der Waals surface area contributed by atoms with Crippen molar-refractivity contribution in [1.29, 1.82) is 0 Å². The number of carbonyl (C=O) groups is 1. The number of hydrogen-bond donors (Lipinski definition) is 1. The number of phenolic OH excluding ortho intramolecular Hbond substituents is 1. The van der Waals surface area contributed by atoms with Gasteiger partial charge in [-0.3, -0.25) is 4.90 Å². The largest absolute Gasteiger partial charge is 0.508 e. The van der Waals surface area contributed by atoms with Gasteiger partial charge in [-0.2, -0.15) is 0 Å². The lowest BCUT2D eigenvalue weighted by molar-refractivity contribution is 0.0526. The summed E-state index contributed by atoms with van der Waals surface area (Å²) in [4.78, 5) is 13.8. The van der Waals surface area contributed by atoms with Crippen LogP contribution in [0.15, 0.2) is 18.2 Å². The molecule has 18 heavy (non-hydrogen) atoms. The number of nitrogens with zero attached hydrogens (tertiary/aromatic N) is 1. The van der Waals surface area contributed by atoms with Crippen LogP contribution in [-0.4, -0.2) is 35.7 Å². The minimum Gasteiger partial charge on any atom is -0.508 e. The number of rotatable bonds is 6. The summed E-state index contributed by atoms with van der Waals surface area (Å²) in [5.74, 6) is -0.131. The van der Waals surface area contributed by atoms with Gasteiger partial charge in [-0.15, -0.1) is 0 Å². The van der Waals surface area contributed by atoms with Crippen LogP contribution in [0.5, 0.6) is 5.75 Å². The Kier molecular flexibility index (Phi) is 5.65. The summed E-state index contributed by atoms with van der Waals surface area (Å²) in [7, 11) is 0. The summed E-state index contributed by atoms with van der Waals surface area (Å²) in [5.41, 5.74) is 1.24. The van der Waals surface area contributed by atoms with Gasteiger partial charge in [-0.25, -0.2) is 4.79 Å². The maximum absolute atomic E-state index is 11.6. The average Bonchev–Trinajstić information content (AvgIpc) is 2.38. The van der Waals surface area contributed by atoms with E-state index in [1.165, 1.54) is 0 Å². The van der Waals surface area contributed by atoms with Gasteiger partial charge in [0.1, 0.15) is 5.75 Å². The molecule has 0 aliphatic rings. The van der Waals surface area contributed by atoms with Gasteiger partial charge in [-0.1, -0.05) is 13.8 Å². The summed E-state index contributed by atoms with van der Waals surface area (Å²) in [6.45, 7) is 8.69. The molecule has 1 rings (SSSR count). The molecule has 0 aliphatic carbocycles. The number of hydrogen-bond acceptors (Lipinski definition) is 4. The van der Waals surface area contributed by atoms with Gasteiger partial charge in [0.2, 0.25) is 0 Å². The third-order valence-electron chi connectivity index (χ3n) is 2.88. The zero-order valence-electron chi connectivity index (χ0n) is 11.3. The minimum absolute atomic E-state index is 0.218. The topological polar surface area (TPSA) is 49.8 Å². The fourth-order valence-electron chi connectivity index (χ4n) is 1.74. The maximum Gasteiger partial charge on any atom is 0.338 e. The van der Waals surface area contributed by atoms with E-state index in [1.54, 1.807) is 25.1 Å². The first-order valence-electron chi connectivity index (χ1n) is 6.33. The molecule has 1 aromatic rings. The van der Waals surface area contributed by atoms with E-state index in [0.29, 0.717) is 18.7 Å². The van der Waals surface area contributed by atoms with E-state index in [0.717, 1.165) is 18.7 Å². The highest BCUT2D eigenvalue weighted by atomic mass is 16.5. The minimum atomic E-state index is -0.349. The van der Waals surface area contributed by atoms with Gasteiger partial charge in [0.05, 0.1) is 12.2 Å². The number of benzene rings is 1. The van der Waals surface area contributed by atoms with Crippen molar-refractivity contribution in [2.75, 3.05) is 19.7 Å². The summed E-state index contributed by atoms with van der Waals surface area (Å²) < 4.78 is 4.95. The van der Waals surface area contributed by atoms with Crippen LogP contribution < -0.4 is 0 Å². The highest BCUT2D eigenvalue weighted by Crippen LogP contribution is 2.20. The van der Waals surface area contributed by atoms with E-state index in [4.69, 9.17) is 4.74 Å². The van der Waals surface area contributed by atoms with Crippen LogP contribution in [0.1, 0.15) is 36.7 Å². The van der Waals surface area contributed by atoms with Crippen LogP contribution in [0.25, 0.3) is 0 Å². The molecule has 0 saturated carbocycles. The molecule has 0 saturated heterocycles. The molecular weight excluding hydrogens is 230 g/mol. The molecule has 0 radical (unpaired) electrons. The SMILES string of the molecule is CCOC(=O)c1ccc(O)c(CN(CC)CC)c1. The molecule has 4 heteroatoms. The summed E-state index contributed by atoms with van der Waals surface area (Å²) in [6, 6.07) is 4.83. The third-order valence-corrected chi connectivity index (χ3v) is 2.88. The molecule has 0 unspecified atom stereocenters. The van der Waals surface area contributed by atoms with E-state index in [2.05, 4.69) is 18.7 Å². The molecule has 0 heterocycles. The highest BCUT2D eigenvalue weighted by Gasteiger charge is 2.11. The fraction of sp³-hybridized carbons (Fsp3) is 0.500. The van der Waals surface area contributed by atoms with Gasteiger partial charge in [-0.05, 0) is 38.2 Å². The lowest BCUT2D eigenvalue weighted by atomic mass is 10.1. The van der Waals surface area contributed by atoms with Crippen molar-refractivity contribution in [2.45, 2.75) is 27.3 Å². The van der Waals surface area contributed by atoms with Crippen LogP contribution in [0.3, 0.4) is 0 Å². The average molecular weight is 251 g/mol. The van der Waals surface area contributed by atoms with Crippen LogP contribution in [-0.2, 0) is 11.3 Å². The van der Waals surface area contributed by atoms with Crippen molar-refractivity contribution in [3.05, 3.63) is 29.3 Å². The summed E-state index contributed by atoms with van der Waals surface area (Å²) >= 11 is 0. The Bertz CT molecular complexity index is 400. The van der Waals surface area contributed by atoms with E-state index < -0.39 is 0 Å². The number of carbonyl (C=O) groups excluding carboxylic acids is 1. The van der Waals surface area contributed by atoms with Gasteiger partial charge < -0.3 is 9.84 Å². The van der Waals surface area contributed by atoms with Crippen LogP contribution in [0, 0.1) is 0 Å². The summed E-state index contributed by atoms with van der Waals surface area (Å²) in [5, 5.41) is 9.81. The maximum atomic E-state index is 11.6. The monoisotopic (exact) mass is 251 g/mol. The second-order valence-electron chi connectivity index (χ2n) is 4.03. The van der Waals surface area contributed by atoms with Crippen molar-refractivity contribution in [2.24, 2.45) is 0 Å². The predicted molar refractivity (Wildman–Crippen MR) is 70.7 cm³/mol. The molecule has 1 aromatic carbocycles. The van der Waals surface area contributed by atoms with Crippen molar-refractivity contribution in [1.82, 2.24) is 4.90 Å². The Morgan fingerprint density at radius 2 is 1.94 bits per heavy atom. The molecule has 0 aromatic heterocycles. The number of aromatic hydroxyl groups is 1. The van der Waals surface area contributed by atoms with Crippen LogP contribution >= 0.6 is 0 Å². The lowest BCUT2D eigenvalue weighted by Crippen LogP contribution is -2.22. The first-order chi connectivity index (χ1) is 8.62. The Morgan fingerprint density at radius 1 is 1.28 bits per heavy atom. The Morgan fingerprint density at radius 3 is 2.50 bits per heavy atom. The Labute approximate surface area is 108 Å². The quantitative estimate of drug-likeness (QED) is 0.789. The van der Waals surface area contributed by atoms with Crippen LogP contribution in [0.4, 0.5) is 0 Å². The fourth-order valence-corrected chi connectivity index (χ4v) is 1.74. The molecule has 0 spiro atoms. The van der Waals surface area contributed by atoms with E-state index in [9.17, 15) is 9.90 Å². The van der Waals surface area contributed by atoms with Gasteiger partial charge in [0.15, 0.2) is 0 Å². The molecule has 4 nitrogen and oxygen atoms in total. The van der Waals surface area contributed by atoms with E-state index in [1.807, 2.05) is 0 Å². The standard InChI is InChI=1S/C14H21NO3/c1-4-15(5-2)10-12-9-11(7-8-13(12)16)14(17)18-6-3/h7-9,16H,4-6,10H2,1-3H3. The molecule has 0 atom stereocenters. The van der Waals surface area contributed by atoms with Crippen LogP contribution in [0.2, 0.25) is 0 Å². The number of esters is 1. The van der Waals surface area contributed by atoms with Crippen molar-refractivity contribution in [3.8, 4) is 5.75 Å². The third kappa shape index (κ3) is 3.74. The molecule has 1 N–H and O–H groups in total. The van der Waals surface area contributed by atoms with E-state index in [-0.39, 0.29) is 11.7 Å². The predicted octanol–water partition coefficient (Wildman–Crippen LogP) is 2.41. The first-order valence-corrected chi connectivity index (χ1v) is 6.33. The van der Waals surface area contributed by atoms with Gasteiger partial charge in [0.25, 0.3) is 0 Å². The van der Waals surface area contributed by atoms with Crippen molar-refractivity contribution >= 4 is 5.97 Å². The second-order valence-corrected chi connectivity index (χ2v) is 4.03. The van der Waals surface area contributed by atoms with E-state index >= 15 is 0 Å². The first kappa shape index (κ1) is 14.5. The number of ether oxygens (including phenoxy) is 1. The van der Waals surface area contributed by atoms with Crippen molar-refractivity contribution < 1.29 is 14.6 Å². The molecule has 0 amide bonds. The molecular formula is C14H21NO3. The van der Waals surface area contributed by atoms with Gasteiger partial charge >= 0.3 is 5.97 Å². The highest BCUT2D eigenvalue weighted by molar-refractivity contribution is 5.89. The Balaban J connectivity index is 2.90.